The minimum absolute atomic E-state index is 0.0152. The molecule has 0 atom stereocenters. The number of hydrogen-bond acceptors (Lipinski definition) is 6. The van der Waals surface area contributed by atoms with Crippen molar-refractivity contribution < 1.29 is 9.53 Å². The third-order valence-corrected chi connectivity index (χ3v) is 6.92. The number of rotatable bonds is 7. The number of aromatic nitrogens is 1. The van der Waals surface area contributed by atoms with E-state index in [1.165, 1.54) is 10.3 Å². The van der Waals surface area contributed by atoms with Crippen LogP contribution in [0.25, 0.3) is 10.2 Å². The van der Waals surface area contributed by atoms with Crippen LogP contribution in [0.2, 0.25) is 0 Å². The van der Waals surface area contributed by atoms with E-state index in [2.05, 4.69) is 21.3 Å². The van der Waals surface area contributed by atoms with Crippen molar-refractivity contribution in [3.05, 3.63) is 59.7 Å². The van der Waals surface area contributed by atoms with E-state index in [0.717, 1.165) is 48.5 Å². The molecule has 0 bridgehead atoms. The quantitative estimate of drug-likeness (QED) is 0.599. The van der Waals surface area contributed by atoms with Crippen molar-refractivity contribution in [2.45, 2.75) is 10.1 Å². The topological polar surface area (TPSA) is 54.5 Å². The van der Waals surface area contributed by atoms with Crippen LogP contribution in [-0.4, -0.2) is 55.2 Å². The average Bonchev–Trinajstić information content (AvgIpc) is 3.16. The molecule has 1 aromatic heterocycles. The fourth-order valence-electron chi connectivity index (χ4n) is 3.06. The van der Waals surface area contributed by atoms with Crippen LogP contribution in [0, 0.1) is 0 Å². The number of nitrogens with one attached hydrogen (secondary N) is 1. The summed E-state index contributed by atoms with van der Waals surface area (Å²) in [4.78, 5) is 19.3. The van der Waals surface area contributed by atoms with Crippen LogP contribution < -0.4 is 5.32 Å². The first-order valence-corrected chi connectivity index (χ1v) is 11.2. The van der Waals surface area contributed by atoms with Gasteiger partial charge in [0, 0.05) is 37.5 Å². The third-order valence-electron chi connectivity index (χ3n) is 4.67. The van der Waals surface area contributed by atoms with Crippen molar-refractivity contribution in [1.82, 2.24) is 15.2 Å². The zero-order valence-electron chi connectivity index (χ0n) is 15.6. The number of hydrogen-bond donors (Lipinski definition) is 1. The van der Waals surface area contributed by atoms with Gasteiger partial charge in [-0.1, -0.05) is 36.0 Å². The molecular formula is C21H23N3O2S2. The molecule has 3 aromatic rings. The van der Waals surface area contributed by atoms with Gasteiger partial charge in [-0.3, -0.25) is 9.69 Å². The van der Waals surface area contributed by atoms with Gasteiger partial charge in [0.15, 0.2) is 4.34 Å². The highest BCUT2D eigenvalue weighted by Crippen LogP contribution is 2.31. The number of para-hydroxylation sites is 1. The van der Waals surface area contributed by atoms with E-state index in [0.29, 0.717) is 12.1 Å². The normalized spacial score (nSPS) is 15.0. The second-order valence-corrected chi connectivity index (χ2v) is 8.90. The molecule has 7 heteroatoms. The maximum Gasteiger partial charge on any atom is 0.251 e. The minimum Gasteiger partial charge on any atom is -0.379 e. The molecule has 5 nitrogen and oxygen atoms in total. The molecule has 0 saturated carbocycles. The van der Waals surface area contributed by atoms with Gasteiger partial charge in [-0.2, -0.15) is 0 Å². The standard InChI is InChI=1S/C21H23N3O2S2/c25-20(22-9-10-24-11-13-26-14-12-24)17-7-5-16(6-8-17)15-27-21-23-18-3-1-2-4-19(18)28-21/h1-8H,9-15H2,(H,22,25). The van der Waals surface area contributed by atoms with Crippen LogP contribution in [0.15, 0.2) is 52.9 Å². The van der Waals surface area contributed by atoms with Crippen LogP contribution >= 0.6 is 23.1 Å². The Bertz CT molecular complexity index is 888. The lowest BCUT2D eigenvalue weighted by molar-refractivity contribution is 0.0383. The summed E-state index contributed by atoms with van der Waals surface area (Å²) in [6.45, 7) is 4.97. The van der Waals surface area contributed by atoms with E-state index >= 15 is 0 Å². The second kappa shape index (κ2) is 9.52. The highest BCUT2D eigenvalue weighted by atomic mass is 32.2. The number of benzene rings is 2. The summed E-state index contributed by atoms with van der Waals surface area (Å²) in [6, 6.07) is 16.1. The average molecular weight is 414 g/mol. The van der Waals surface area contributed by atoms with E-state index in [4.69, 9.17) is 4.74 Å². The molecule has 2 heterocycles. The molecule has 1 saturated heterocycles. The first-order valence-electron chi connectivity index (χ1n) is 9.43. The molecule has 1 N–H and O–H groups in total. The number of thioether (sulfide) groups is 1. The van der Waals surface area contributed by atoms with Crippen LogP contribution in [0.3, 0.4) is 0 Å². The van der Waals surface area contributed by atoms with E-state index in [9.17, 15) is 4.79 Å². The Morgan fingerprint density at radius 3 is 2.71 bits per heavy atom. The van der Waals surface area contributed by atoms with Gasteiger partial charge in [0.2, 0.25) is 0 Å². The van der Waals surface area contributed by atoms with Crippen molar-refractivity contribution >= 4 is 39.2 Å². The molecule has 1 amide bonds. The zero-order chi connectivity index (χ0) is 19.2. The Kier molecular flexibility index (Phi) is 6.59. The van der Waals surface area contributed by atoms with Crippen LogP contribution in [-0.2, 0) is 10.5 Å². The summed E-state index contributed by atoms with van der Waals surface area (Å²) in [5.74, 6) is 0.831. The second-order valence-electron chi connectivity index (χ2n) is 6.64. The predicted molar refractivity (Wildman–Crippen MR) is 115 cm³/mol. The van der Waals surface area contributed by atoms with Crippen molar-refractivity contribution in [3.63, 3.8) is 0 Å². The Labute approximate surface area is 173 Å². The van der Waals surface area contributed by atoms with Gasteiger partial charge in [-0.05, 0) is 29.8 Å². The number of carbonyl (C=O) groups excluding carboxylic acids is 1. The third kappa shape index (κ3) is 5.11. The van der Waals surface area contributed by atoms with Gasteiger partial charge >= 0.3 is 0 Å². The van der Waals surface area contributed by atoms with Gasteiger partial charge < -0.3 is 10.1 Å². The summed E-state index contributed by atoms with van der Waals surface area (Å²) in [6.07, 6.45) is 0. The molecule has 4 rings (SSSR count). The lowest BCUT2D eigenvalue weighted by Crippen LogP contribution is -2.41. The molecule has 28 heavy (non-hydrogen) atoms. The van der Waals surface area contributed by atoms with Gasteiger partial charge in [-0.25, -0.2) is 4.98 Å². The summed E-state index contributed by atoms with van der Waals surface area (Å²) in [5, 5.41) is 3.00. The Hall–Kier alpha value is -1.93. The zero-order valence-corrected chi connectivity index (χ0v) is 17.2. The Morgan fingerprint density at radius 1 is 1.14 bits per heavy atom. The largest absolute Gasteiger partial charge is 0.379 e. The summed E-state index contributed by atoms with van der Waals surface area (Å²) in [5.41, 5.74) is 2.95. The number of morpholine rings is 1. The highest BCUT2D eigenvalue weighted by Gasteiger charge is 2.11. The van der Waals surface area contributed by atoms with Crippen LogP contribution in [0.4, 0.5) is 0 Å². The molecule has 1 aliphatic rings. The maximum absolute atomic E-state index is 12.3. The number of fused-ring (bicyclic) bond motifs is 1. The smallest absolute Gasteiger partial charge is 0.251 e. The fraction of sp³-hybridized carbons (Fsp3) is 0.333. The Balaban J connectivity index is 1.25. The van der Waals surface area contributed by atoms with E-state index in [-0.39, 0.29) is 5.91 Å². The number of nitrogens with zero attached hydrogens (tertiary/aromatic N) is 2. The van der Waals surface area contributed by atoms with Crippen LogP contribution in [0.1, 0.15) is 15.9 Å². The van der Waals surface area contributed by atoms with Crippen molar-refractivity contribution in [2.24, 2.45) is 0 Å². The van der Waals surface area contributed by atoms with E-state index in [1.54, 1.807) is 23.1 Å². The van der Waals surface area contributed by atoms with Gasteiger partial charge in [0.05, 0.1) is 23.4 Å². The summed E-state index contributed by atoms with van der Waals surface area (Å²) in [7, 11) is 0. The first-order chi connectivity index (χ1) is 13.8. The maximum atomic E-state index is 12.3. The summed E-state index contributed by atoms with van der Waals surface area (Å²) >= 11 is 3.46. The number of carbonyl (C=O) groups is 1. The number of ether oxygens (including phenoxy) is 1. The van der Waals surface area contributed by atoms with Crippen molar-refractivity contribution in [2.75, 3.05) is 39.4 Å². The fourth-order valence-corrected chi connectivity index (χ4v) is 5.09. The number of thiazole rings is 1. The van der Waals surface area contributed by atoms with Gasteiger partial charge in [0.25, 0.3) is 5.91 Å². The molecule has 0 spiro atoms. The predicted octanol–water partition coefficient (Wildman–Crippen LogP) is 3.65. The first kappa shape index (κ1) is 19.4. The molecule has 146 valence electrons. The van der Waals surface area contributed by atoms with Gasteiger partial charge in [0.1, 0.15) is 0 Å². The van der Waals surface area contributed by atoms with E-state index in [1.807, 2.05) is 42.5 Å². The molecule has 1 aliphatic heterocycles. The van der Waals surface area contributed by atoms with Crippen molar-refractivity contribution in [1.29, 1.82) is 0 Å². The SMILES string of the molecule is O=C(NCCN1CCOCC1)c1ccc(CSc2nc3ccccc3s2)cc1. The molecule has 0 radical (unpaired) electrons. The molecule has 2 aromatic carbocycles. The minimum atomic E-state index is -0.0152. The van der Waals surface area contributed by atoms with E-state index < -0.39 is 0 Å². The Morgan fingerprint density at radius 2 is 1.93 bits per heavy atom. The monoisotopic (exact) mass is 413 g/mol. The lowest BCUT2D eigenvalue weighted by Gasteiger charge is -2.26. The van der Waals surface area contributed by atoms with Gasteiger partial charge in [-0.15, -0.1) is 11.3 Å². The molecular weight excluding hydrogens is 390 g/mol. The number of amides is 1. The molecule has 1 fully saturated rings. The highest BCUT2D eigenvalue weighted by molar-refractivity contribution is 8.00. The van der Waals surface area contributed by atoms with Crippen molar-refractivity contribution in [3.8, 4) is 0 Å². The molecule has 0 unspecified atom stereocenters. The summed E-state index contributed by atoms with van der Waals surface area (Å²) < 4.78 is 7.63. The lowest BCUT2D eigenvalue weighted by atomic mass is 10.1. The van der Waals surface area contributed by atoms with Crippen LogP contribution in [0.5, 0.6) is 0 Å². The molecule has 0 aliphatic carbocycles.